The van der Waals surface area contributed by atoms with Gasteiger partial charge < -0.3 is 15.0 Å². The summed E-state index contributed by atoms with van der Waals surface area (Å²) in [5.41, 5.74) is 3.50. The van der Waals surface area contributed by atoms with E-state index in [9.17, 15) is 19.2 Å². The van der Waals surface area contributed by atoms with Gasteiger partial charge in [-0.1, -0.05) is 48.0 Å². The van der Waals surface area contributed by atoms with Crippen LogP contribution in [0.5, 0.6) is 0 Å². The molecule has 0 spiro atoms. The van der Waals surface area contributed by atoms with Gasteiger partial charge in [-0.2, -0.15) is 0 Å². The molecule has 3 aromatic rings. The molecule has 0 aliphatic carbocycles. The van der Waals surface area contributed by atoms with Crippen molar-refractivity contribution in [3.05, 3.63) is 106 Å². The maximum Gasteiger partial charge on any atom is 0.337 e. The number of esters is 1. The molecule has 8 nitrogen and oxygen atoms in total. The van der Waals surface area contributed by atoms with Crippen LogP contribution in [0.2, 0.25) is 0 Å². The quantitative estimate of drug-likeness (QED) is 0.406. The minimum absolute atomic E-state index is 0.119. The summed E-state index contributed by atoms with van der Waals surface area (Å²) in [6.07, 6.45) is 0.784. The van der Waals surface area contributed by atoms with Crippen LogP contribution in [0.15, 0.2) is 83.5 Å². The Kier molecular flexibility index (Phi) is 6.50. The van der Waals surface area contributed by atoms with Crippen molar-refractivity contribution in [2.45, 2.75) is 13.0 Å². The molecule has 37 heavy (non-hydrogen) atoms. The van der Waals surface area contributed by atoms with E-state index in [2.05, 4.69) is 11.4 Å². The Balaban J connectivity index is 1.35. The van der Waals surface area contributed by atoms with Crippen LogP contribution in [-0.2, 0) is 27.3 Å². The molecule has 9 heteroatoms. The number of carbonyl (C=O) groups excluding carboxylic acids is 4. The zero-order valence-corrected chi connectivity index (χ0v) is 20.6. The number of anilines is 2. The van der Waals surface area contributed by atoms with E-state index < -0.39 is 17.8 Å². The standard InChI is InChI=1S/C28H22ClN3O5/c1-37-28(36)19-9-5-11-22(15-19)32-26(34)23(29)24(27(32)35)30-21-10-4-8-18(14-21)25(33)31-13-12-17-6-2-3-7-20(17)16-31/h2-11,14-15,30H,12-13,16H2,1H3. The summed E-state index contributed by atoms with van der Waals surface area (Å²) in [6, 6.07) is 20.7. The Bertz CT molecular complexity index is 1480. The number of nitrogens with zero attached hydrogens (tertiary/aromatic N) is 2. The molecular formula is C28H22ClN3O5. The van der Waals surface area contributed by atoms with Crippen LogP contribution in [-0.4, -0.2) is 42.2 Å². The highest BCUT2D eigenvalue weighted by Crippen LogP contribution is 2.31. The van der Waals surface area contributed by atoms with Crippen molar-refractivity contribution in [2.75, 3.05) is 23.9 Å². The van der Waals surface area contributed by atoms with Crippen LogP contribution in [0, 0.1) is 0 Å². The van der Waals surface area contributed by atoms with Crippen molar-refractivity contribution in [3.63, 3.8) is 0 Å². The van der Waals surface area contributed by atoms with Gasteiger partial charge in [-0.25, -0.2) is 9.69 Å². The molecule has 2 heterocycles. The average molecular weight is 516 g/mol. The summed E-state index contributed by atoms with van der Waals surface area (Å²) in [5.74, 6) is -2.14. The van der Waals surface area contributed by atoms with E-state index in [1.54, 1.807) is 29.2 Å². The van der Waals surface area contributed by atoms with Crippen molar-refractivity contribution < 1.29 is 23.9 Å². The molecule has 2 aliphatic heterocycles. The summed E-state index contributed by atoms with van der Waals surface area (Å²) < 4.78 is 4.71. The fourth-order valence-corrected chi connectivity index (χ4v) is 4.67. The number of benzene rings is 3. The van der Waals surface area contributed by atoms with Gasteiger partial charge in [-0.3, -0.25) is 14.4 Å². The van der Waals surface area contributed by atoms with Crippen LogP contribution in [0.4, 0.5) is 11.4 Å². The Morgan fingerprint density at radius 2 is 1.62 bits per heavy atom. The molecule has 0 atom stereocenters. The summed E-state index contributed by atoms with van der Waals surface area (Å²) in [7, 11) is 1.24. The second-order valence-electron chi connectivity index (χ2n) is 8.63. The molecular weight excluding hydrogens is 494 g/mol. The summed E-state index contributed by atoms with van der Waals surface area (Å²) in [6.45, 7) is 1.13. The molecule has 0 saturated carbocycles. The van der Waals surface area contributed by atoms with Gasteiger partial charge >= 0.3 is 5.97 Å². The van der Waals surface area contributed by atoms with Crippen LogP contribution < -0.4 is 10.2 Å². The van der Waals surface area contributed by atoms with E-state index in [4.69, 9.17) is 16.3 Å². The number of imide groups is 1. The van der Waals surface area contributed by atoms with Gasteiger partial charge in [0.2, 0.25) is 0 Å². The first-order chi connectivity index (χ1) is 17.9. The molecule has 0 fully saturated rings. The highest BCUT2D eigenvalue weighted by Gasteiger charge is 2.39. The maximum atomic E-state index is 13.2. The maximum absolute atomic E-state index is 13.2. The highest BCUT2D eigenvalue weighted by molar-refractivity contribution is 6.53. The molecule has 0 aromatic heterocycles. The number of rotatable bonds is 5. The summed E-state index contributed by atoms with van der Waals surface area (Å²) in [5, 5.41) is 2.61. The minimum atomic E-state index is -0.726. The minimum Gasteiger partial charge on any atom is -0.465 e. The van der Waals surface area contributed by atoms with Crippen LogP contribution in [0.1, 0.15) is 31.8 Å². The molecule has 5 rings (SSSR count). The third-order valence-corrected chi connectivity index (χ3v) is 6.70. The molecule has 0 unspecified atom stereocenters. The molecule has 186 valence electrons. The lowest BCUT2D eigenvalue weighted by Crippen LogP contribution is -2.36. The average Bonchev–Trinajstić information content (AvgIpc) is 3.14. The summed E-state index contributed by atoms with van der Waals surface area (Å²) in [4.78, 5) is 53.8. The highest BCUT2D eigenvalue weighted by atomic mass is 35.5. The van der Waals surface area contributed by atoms with Crippen molar-refractivity contribution in [3.8, 4) is 0 Å². The lowest BCUT2D eigenvalue weighted by Gasteiger charge is -2.29. The number of amides is 3. The number of fused-ring (bicyclic) bond motifs is 1. The first-order valence-corrected chi connectivity index (χ1v) is 11.9. The fraction of sp³-hybridized carbons (Fsp3) is 0.143. The third-order valence-electron chi connectivity index (χ3n) is 6.35. The van der Waals surface area contributed by atoms with Gasteiger partial charge in [0.05, 0.1) is 18.4 Å². The van der Waals surface area contributed by atoms with Crippen LogP contribution in [0.3, 0.4) is 0 Å². The normalized spacial score (nSPS) is 15.1. The Morgan fingerprint density at radius 1 is 0.892 bits per heavy atom. The SMILES string of the molecule is COC(=O)c1cccc(N2C(=O)C(Cl)=C(Nc3cccc(C(=O)N4CCc5ccccc5C4)c3)C2=O)c1. The largest absolute Gasteiger partial charge is 0.465 e. The Morgan fingerprint density at radius 3 is 2.41 bits per heavy atom. The predicted molar refractivity (Wildman–Crippen MR) is 138 cm³/mol. The van der Waals surface area contributed by atoms with Gasteiger partial charge in [-0.15, -0.1) is 0 Å². The summed E-state index contributed by atoms with van der Waals surface area (Å²) >= 11 is 6.26. The van der Waals surface area contributed by atoms with Crippen molar-refractivity contribution in [1.29, 1.82) is 0 Å². The van der Waals surface area contributed by atoms with E-state index in [1.165, 1.54) is 36.9 Å². The smallest absolute Gasteiger partial charge is 0.337 e. The molecule has 0 radical (unpaired) electrons. The zero-order chi connectivity index (χ0) is 26.1. The Hall–Kier alpha value is -4.43. The van der Waals surface area contributed by atoms with E-state index in [0.717, 1.165) is 16.9 Å². The number of nitrogens with one attached hydrogen (secondary N) is 1. The van der Waals surface area contributed by atoms with Gasteiger partial charge in [0, 0.05) is 24.3 Å². The molecule has 2 aliphatic rings. The predicted octanol–water partition coefficient (Wildman–Crippen LogP) is 4.11. The number of ether oxygens (including phenoxy) is 1. The fourth-order valence-electron chi connectivity index (χ4n) is 4.46. The van der Waals surface area contributed by atoms with Gasteiger partial charge in [0.25, 0.3) is 17.7 Å². The second kappa shape index (κ2) is 9.91. The van der Waals surface area contributed by atoms with E-state index >= 15 is 0 Å². The number of halogens is 1. The number of carbonyl (C=O) groups is 4. The lowest BCUT2D eigenvalue weighted by atomic mass is 9.99. The first-order valence-electron chi connectivity index (χ1n) is 11.6. The van der Waals surface area contributed by atoms with Crippen molar-refractivity contribution in [1.82, 2.24) is 4.90 Å². The topological polar surface area (TPSA) is 96.0 Å². The zero-order valence-electron chi connectivity index (χ0n) is 19.9. The molecule has 0 bridgehead atoms. The Labute approximate surface area is 218 Å². The van der Waals surface area contributed by atoms with Crippen molar-refractivity contribution >= 4 is 46.7 Å². The van der Waals surface area contributed by atoms with Crippen molar-refractivity contribution in [2.24, 2.45) is 0 Å². The van der Waals surface area contributed by atoms with Crippen LogP contribution in [0.25, 0.3) is 0 Å². The van der Waals surface area contributed by atoms with Gasteiger partial charge in [0.15, 0.2) is 0 Å². The molecule has 1 N–H and O–H groups in total. The first kappa shape index (κ1) is 24.3. The van der Waals surface area contributed by atoms with Gasteiger partial charge in [-0.05, 0) is 53.9 Å². The number of hydrogen-bond acceptors (Lipinski definition) is 6. The second-order valence-corrected chi connectivity index (χ2v) is 9.01. The lowest BCUT2D eigenvalue weighted by molar-refractivity contribution is -0.120. The monoisotopic (exact) mass is 515 g/mol. The van der Waals surface area contributed by atoms with E-state index in [1.807, 2.05) is 18.2 Å². The van der Waals surface area contributed by atoms with E-state index in [0.29, 0.717) is 24.3 Å². The third kappa shape index (κ3) is 4.59. The van der Waals surface area contributed by atoms with Gasteiger partial charge in [0.1, 0.15) is 10.7 Å². The number of hydrogen-bond donors (Lipinski definition) is 1. The molecule has 3 amide bonds. The number of methoxy groups -OCH3 is 1. The van der Waals surface area contributed by atoms with E-state index in [-0.39, 0.29) is 27.9 Å². The van der Waals surface area contributed by atoms with Crippen LogP contribution >= 0.6 is 11.6 Å². The molecule has 3 aromatic carbocycles. The molecule has 0 saturated heterocycles.